The third kappa shape index (κ3) is 2.68. The molecule has 0 aliphatic heterocycles. The minimum Gasteiger partial charge on any atom is -0.476 e. The fourth-order valence-corrected chi connectivity index (χ4v) is 1.88. The highest BCUT2D eigenvalue weighted by molar-refractivity contribution is 5.84. The van der Waals surface area contributed by atoms with Crippen LogP contribution in [-0.4, -0.2) is 27.7 Å². The van der Waals surface area contributed by atoms with Crippen LogP contribution in [0.2, 0.25) is 0 Å². The molecular weight excluding hydrogens is 208 g/mol. The van der Waals surface area contributed by atoms with Crippen molar-refractivity contribution >= 4 is 5.97 Å². The van der Waals surface area contributed by atoms with Gasteiger partial charge in [-0.05, 0) is 18.8 Å². The Kier molecular flexibility index (Phi) is 3.34. The zero-order valence-electron chi connectivity index (χ0n) is 8.93. The second-order valence-electron chi connectivity index (χ2n) is 4.01. The van der Waals surface area contributed by atoms with E-state index >= 15 is 0 Å². The number of carboxylic acids is 1. The molecule has 0 bridgehead atoms. The minimum atomic E-state index is -1.07. The van der Waals surface area contributed by atoms with Gasteiger partial charge in [0.2, 0.25) is 5.88 Å². The highest BCUT2D eigenvalue weighted by atomic mass is 16.5. The van der Waals surface area contributed by atoms with E-state index in [0.29, 0.717) is 18.4 Å². The quantitative estimate of drug-likeness (QED) is 0.840. The summed E-state index contributed by atoms with van der Waals surface area (Å²) in [6.45, 7) is 0.654. The van der Waals surface area contributed by atoms with E-state index in [1.54, 1.807) is 0 Å². The van der Waals surface area contributed by atoms with Gasteiger partial charge in [0.1, 0.15) is 0 Å². The van der Waals surface area contributed by atoms with Gasteiger partial charge in [-0.25, -0.2) is 14.8 Å². The Morgan fingerprint density at radius 2 is 2.12 bits per heavy atom. The first-order chi connectivity index (χ1) is 7.75. The van der Waals surface area contributed by atoms with Crippen LogP contribution in [0.4, 0.5) is 0 Å². The molecule has 1 heterocycles. The van der Waals surface area contributed by atoms with Gasteiger partial charge in [0.25, 0.3) is 0 Å². The predicted molar refractivity (Wildman–Crippen MR) is 56.4 cm³/mol. The summed E-state index contributed by atoms with van der Waals surface area (Å²) < 4.78 is 5.46. The molecule has 0 unspecified atom stereocenters. The summed E-state index contributed by atoms with van der Waals surface area (Å²) in [6, 6.07) is 0. The molecule has 0 aromatic carbocycles. The summed E-state index contributed by atoms with van der Waals surface area (Å²) in [4.78, 5) is 18.2. The van der Waals surface area contributed by atoms with E-state index < -0.39 is 5.97 Å². The smallest absolute Gasteiger partial charge is 0.356 e. The van der Waals surface area contributed by atoms with E-state index in [4.69, 9.17) is 9.84 Å². The topological polar surface area (TPSA) is 72.3 Å². The zero-order valence-corrected chi connectivity index (χ0v) is 8.93. The van der Waals surface area contributed by atoms with Crippen molar-refractivity contribution in [1.29, 1.82) is 0 Å². The Labute approximate surface area is 93.5 Å². The van der Waals surface area contributed by atoms with E-state index in [1.807, 2.05) is 0 Å². The first kappa shape index (κ1) is 10.9. The number of carboxylic acid groups (broad SMARTS) is 1. The Bertz CT molecular complexity index is 358. The van der Waals surface area contributed by atoms with Crippen LogP contribution in [0.1, 0.15) is 36.2 Å². The number of aromatic nitrogens is 2. The Balaban J connectivity index is 1.87. The van der Waals surface area contributed by atoms with Gasteiger partial charge in [-0.1, -0.05) is 12.8 Å². The molecule has 0 radical (unpaired) electrons. The number of rotatable bonds is 4. The second kappa shape index (κ2) is 4.92. The van der Waals surface area contributed by atoms with Crippen molar-refractivity contribution in [1.82, 2.24) is 9.97 Å². The molecule has 1 N–H and O–H groups in total. The highest BCUT2D eigenvalue weighted by Crippen LogP contribution is 2.24. The van der Waals surface area contributed by atoms with Crippen LogP contribution in [0.25, 0.3) is 0 Å². The molecule has 1 aromatic heterocycles. The molecule has 2 rings (SSSR count). The molecular formula is C11H14N2O3. The lowest BCUT2D eigenvalue weighted by atomic mass is 10.1. The van der Waals surface area contributed by atoms with E-state index in [0.717, 1.165) is 0 Å². The maximum absolute atomic E-state index is 10.5. The lowest BCUT2D eigenvalue weighted by molar-refractivity contribution is 0.0689. The maximum Gasteiger partial charge on any atom is 0.356 e. The molecule has 1 saturated carbocycles. The summed E-state index contributed by atoms with van der Waals surface area (Å²) in [7, 11) is 0. The van der Waals surface area contributed by atoms with Gasteiger partial charge in [-0.2, -0.15) is 0 Å². The van der Waals surface area contributed by atoms with Crippen LogP contribution in [-0.2, 0) is 0 Å². The normalized spacial score (nSPS) is 16.2. The van der Waals surface area contributed by atoms with Crippen LogP contribution in [0, 0.1) is 5.92 Å². The number of hydrogen-bond acceptors (Lipinski definition) is 4. The van der Waals surface area contributed by atoms with Gasteiger partial charge in [-0.15, -0.1) is 0 Å². The average Bonchev–Trinajstić information content (AvgIpc) is 2.80. The molecule has 1 aromatic rings. The summed E-state index contributed by atoms with van der Waals surface area (Å²) in [5.41, 5.74) is -0.0618. The molecule has 16 heavy (non-hydrogen) atoms. The molecule has 0 amide bonds. The highest BCUT2D eigenvalue weighted by Gasteiger charge is 2.15. The van der Waals surface area contributed by atoms with Crippen molar-refractivity contribution in [2.24, 2.45) is 5.92 Å². The van der Waals surface area contributed by atoms with Crippen molar-refractivity contribution in [3.05, 3.63) is 18.1 Å². The number of carbonyl (C=O) groups is 1. The largest absolute Gasteiger partial charge is 0.476 e. The minimum absolute atomic E-state index is 0.0618. The van der Waals surface area contributed by atoms with Crippen LogP contribution in [0.5, 0.6) is 5.88 Å². The number of hydrogen-bond donors (Lipinski definition) is 1. The Hall–Kier alpha value is -1.65. The SMILES string of the molecule is O=C(O)c1cnc(OCC2CCCC2)cn1. The van der Waals surface area contributed by atoms with E-state index in [9.17, 15) is 4.79 Å². The van der Waals surface area contributed by atoms with Gasteiger partial charge < -0.3 is 9.84 Å². The van der Waals surface area contributed by atoms with Crippen molar-refractivity contribution < 1.29 is 14.6 Å². The molecule has 1 aliphatic carbocycles. The summed E-state index contributed by atoms with van der Waals surface area (Å²) in [6.07, 6.45) is 7.54. The molecule has 0 spiro atoms. The van der Waals surface area contributed by atoms with Crippen molar-refractivity contribution in [3.8, 4) is 5.88 Å². The van der Waals surface area contributed by atoms with Crippen molar-refractivity contribution in [3.63, 3.8) is 0 Å². The van der Waals surface area contributed by atoms with Crippen molar-refractivity contribution in [2.45, 2.75) is 25.7 Å². The maximum atomic E-state index is 10.5. The Morgan fingerprint density at radius 1 is 1.38 bits per heavy atom. The van der Waals surface area contributed by atoms with Crippen molar-refractivity contribution in [2.75, 3.05) is 6.61 Å². The van der Waals surface area contributed by atoms with Gasteiger partial charge in [0.15, 0.2) is 5.69 Å². The molecule has 1 aliphatic rings. The number of nitrogens with zero attached hydrogens (tertiary/aromatic N) is 2. The Morgan fingerprint density at radius 3 is 2.69 bits per heavy atom. The molecule has 1 fully saturated rings. The predicted octanol–water partition coefficient (Wildman–Crippen LogP) is 1.74. The van der Waals surface area contributed by atoms with Crippen LogP contribution < -0.4 is 4.74 Å². The molecule has 5 heteroatoms. The van der Waals surface area contributed by atoms with Gasteiger partial charge in [-0.3, -0.25) is 0 Å². The van der Waals surface area contributed by atoms with Gasteiger partial charge in [0, 0.05) is 0 Å². The number of aromatic carboxylic acids is 1. The molecule has 0 atom stereocenters. The van der Waals surface area contributed by atoms with E-state index in [-0.39, 0.29) is 5.69 Å². The van der Waals surface area contributed by atoms with Gasteiger partial charge in [0.05, 0.1) is 19.0 Å². The summed E-state index contributed by atoms with van der Waals surface area (Å²) >= 11 is 0. The zero-order chi connectivity index (χ0) is 11.4. The fraction of sp³-hybridized carbons (Fsp3) is 0.545. The third-order valence-corrected chi connectivity index (χ3v) is 2.79. The van der Waals surface area contributed by atoms with E-state index in [1.165, 1.54) is 38.1 Å². The summed E-state index contributed by atoms with van der Waals surface area (Å²) in [5, 5.41) is 8.63. The third-order valence-electron chi connectivity index (χ3n) is 2.79. The first-order valence-corrected chi connectivity index (χ1v) is 5.44. The lowest BCUT2D eigenvalue weighted by Gasteiger charge is -2.09. The monoisotopic (exact) mass is 222 g/mol. The number of ether oxygens (including phenoxy) is 1. The second-order valence-corrected chi connectivity index (χ2v) is 4.01. The average molecular weight is 222 g/mol. The molecule has 0 saturated heterocycles. The standard InChI is InChI=1S/C11H14N2O3/c14-11(15)9-5-13-10(6-12-9)16-7-8-3-1-2-4-8/h5-6,8H,1-4,7H2,(H,14,15). The van der Waals surface area contributed by atoms with Gasteiger partial charge >= 0.3 is 5.97 Å². The summed E-state index contributed by atoms with van der Waals surface area (Å²) in [5.74, 6) is -0.0623. The fourth-order valence-electron chi connectivity index (χ4n) is 1.88. The van der Waals surface area contributed by atoms with Crippen LogP contribution >= 0.6 is 0 Å². The van der Waals surface area contributed by atoms with Crippen LogP contribution in [0.3, 0.4) is 0 Å². The molecule has 5 nitrogen and oxygen atoms in total. The lowest BCUT2D eigenvalue weighted by Crippen LogP contribution is -2.10. The van der Waals surface area contributed by atoms with Crippen LogP contribution in [0.15, 0.2) is 12.4 Å². The first-order valence-electron chi connectivity index (χ1n) is 5.44. The van der Waals surface area contributed by atoms with E-state index in [2.05, 4.69) is 9.97 Å². The molecule has 86 valence electrons.